The Hall–Kier alpha value is -2.74. The maximum absolute atomic E-state index is 8.94. The van der Waals surface area contributed by atoms with Crippen LogP contribution in [0, 0.1) is 11.3 Å². The highest BCUT2D eigenvalue weighted by atomic mass is 15.3. The number of nitriles is 1. The molecule has 3 rings (SSSR count). The van der Waals surface area contributed by atoms with Crippen LogP contribution in [0.4, 0.5) is 0 Å². The third-order valence-corrected chi connectivity index (χ3v) is 2.47. The van der Waals surface area contributed by atoms with Gasteiger partial charge < -0.3 is 0 Å². The fourth-order valence-corrected chi connectivity index (χ4v) is 1.69. The maximum Gasteiger partial charge on any atom is 0.167 e. The molecule has 0 fully saturated rings. The number of fused-ring (bicyclic) bond motifs is 1. The fourth-order valence-electron chi connectivity index (χ4n) is 1.69. The van der Waals surface area contributed by atoms with Crippen molar-refractivity contribution in [1.82, 2.24) is 19.7 Å². The van der Waals surface area contributed by atoms with Crippen LogP contribution < -0.4 is 0 Å². The van der Waals surface area contributed by atoms with Gasteiger partial charge in [-0.25, -0.2) is 14.6 Å². The van der Waals surface area contributed by atoms with E-state index in [4.69, 9.17) is 5.26 Å². The van der Waals surface area contributed by atoms with Gasteiger partial charge in [0.2, 0.25) is 0 Å². The fraction of sp³-hybridized carbons (Fsp3) is 0. The van der Waals surface area contributed by atoms with Crippen molar-refractivity contribution < 1.29 is 0 Å². The molecule has 0 spiro atoms. The molecular formula is C12H7N5. The Bertz CT molecular complexity index is 709. The van der Waals surface area contributed by atoms with E-state index in [0.29, 0.717) is 16.7 Å². The molecule has 0 amide bonds. The summed E-state index contributed by atoms with van der Waals surface area (Å²) in [5.74, 6) is 0. The van der Waals surface area contributed by atoms with Gasteiger partial charge in [0.15, 0.2) is 11.3 Å². The highest BCUT2D eigenvalue weighted by Gasteiger charge is 2.09. The summed E-state index contributed by atoms with van der Waals surface area (Å²) >= 11 is 0. The number of aromatic nitrogens is 4. The molecule has 0 N–H and O–H groups in total. The highest BCUT2D eigenvalue weighted by molar-refractivity contribution is 5.80. The number of hydrogen-bond acceptors (Lipinski definition) is 4. The van der Waals surface area contributed by atoms with Crippen molar-refractivity contribution in [2.45, 2.75) is 0 Å². The predicted molar refractivity (Wildman–Crippen MR) is 61.4 cm³/mol. The zero-order valence-corrected chi connectivity index (χ0v) is 8.78. The van der Waals surface area contributed by atoms with Gasteiger partial charge in [-0.2, -0.15) is 10.4 Å². The lowest BCUT2D eigenvalue weighted by Gasteiger charge is -2.01. The molecule has 0 atom stereocenters. The summed E-state index contributed by atoms with van der Waals surface area (Å²) < 4.78 is 1.69. The van der Waals surface area contributed by atoms with E-state index in [-0.39, 0.29) is 0 Å². The molecule has 2 heterocycles. The van der Waals surface area contributed by atoms with Gasteiger partial charge in [-0.3, -0.25) is 0 Å². The second-order valence-corrected chi connectivity index (χ2v) is 3.46. The average molecular weight is 221 g/mol. The van der Waals surface area contributed by atoms with E-state index in [1.165, 1.54) is 6.33 Å². The maximum atomic E-state index is 8.94. The van der Waals surface area contributed by atoms with Gasteiger partial charge in [0.1, 0.15) is 12.4 Å². The lowest BCUT2D eigenvalue weighted by molar-refractivity contribution is 0.895. The Morgan fingerprint density at radius 1 is 1.12 bits per heavy atom. The first-order chi connectivity index (χ1) is 8.40. The second-order valence-electron chi connectivity index (χ2n) is 3.46. The molecule has 0 saturated carbocycles. The summed E-state index contributed by atoms with van der Waals surface area (Å²) in [5, 5.41) is 13.8. The first-order valence-corrected chi connectivity index (χ1v) is 5.04. The molecule has 3 aromatic rings. The van der Waals surface area contributed by atoms with Gasteiger partial charge >= 0.3 is 0 Å². The van der Waals surface area contributed by atoms with E-state index in [0.717, 1.165) is 5.69 Å². The molecule has 0 saturated heterocycles. The first-order valence-electron chi connectivity index (χ1n) is 5.04. The second kappa shape index (κ2) is 3.68. The van der Waals surface area contributed by atoms with Gasteiger partial charge in [-0.05, 0) is 12.1 Å². The van der Waals surface area contributed by atoms with E-state index in [1.807, 2.05) is 36.4 Å². The summed E-state index contributed by atoms with van der Waals surface area (Å²) in [5.41, 5.74) is 1.89. The lowest BCUT2D eigenvalue weighted by Crippen LogP contribution is -1.97. The minimum Gasteiger partial charge on any atom is -0.225 e. The molecule has 17 heavy (non-hydrogen) atoms. The Kier molecular flexibility index (Phi) is 2.06. The monoisotopic (exact) mass is 221 g/mol. The van der Waals surface area contributed by atoms with Crippen LogP contribution in [-0.4, -0.2) is 19.7 Å². The first kappa shape index (κ1) is 9.48. The van der Waals surface area contributed by atoms with Crippen molar-refractivity contribution in [3.8, 4) is 11.8 Å². The number of hydrogen-bond donors (Lipinski definition) is 0. The minimum absolute atomic E-state index is 0.345. The summed E-state index contributed by atoms with van der Waals surface area (Å²) in [7, 11) is 0. The molecule has 0 radical (unpaired) electrons. The Morgan fingerprint density at radius 2 is 1.94 bits per heavy atom. The standard InChI is InChI=1S/C12H7N5/c13-6-11-10-7-16-17(12(10)15-8-14-11)9-4-2-1-3-5-9/h1-5,7-8H. The zero-order valence-electron chi connectivity index (χ0n) is 8.78. The molecule has 0 bridgehead atoms. The molecule has 0 aliphatic heterocycles. The van der Waals surface area contributed by atoms with E-state index in [9.17, 15) is 0 Å². The van der Waals surface area contributed by atoms with Gasteiger partial charge in [-0.15, -0.1) is 0 Å². The number of nitrogens with zero attached hydrogens (tertiary/aromatic N) is 5. The number of benzene rings is 1. The molecule has 0 unspecified atom stereocenters. The van der Waals surface area contributed by atoms with Crippen molar-refractivity contribution >= 4 is 11.0 Å². The normalized spacial score (nSPS) is 10.3. The van der Waals surface area contributed by atoms with Gasteiger partial charge in [0, 0.05) is 0 Å². The van der Waals surface area contributed by atoms with Crippen LogP contribution in [0.15, 0.2) is 42.9 Å². The molecule has 5 nitrogen and oxygen atoms in total. The summed E-state index contributed by atoms with van der Waals surface area (Å²) in [6.45, 7) is 0. The Labute approximate surface area is 97.0 Å². The molecular weight excluding hydrogens is 214 g/mol. The SMILES string of the molecule is N#Cc1ncnc2c1cnn2-c1ccccc1. The van der Waals surface area contributed by atoms with Crippen LogP contribution in [0.3, 0.4) is 0 Å². The van der Waals surface area contributed by atoms with E-state index in [1.54, 1.807) is 10.9 Å². The Balaban J connectivity index is 2.31. The smallest absolute Gasteiger partial charge is 0.167 e. The summed E-state index contributed by atoms with van der Waals surface area (Å²) in [4.78, 5) is 8.07. The van der Waals surface area contributed by atoms with Crippen molar-refractivity contribution in [1.29, 1.82) is 5.26 Å². The highest BCUT2D eigenvalue weighted by Crippen LogP contribution is 2.17. The van der Waals surface area contributed by atoms with Gasteiger partial charge in [0.05, 0.1) is 17.3 Å². The molecule has 0 aliphatic carbocycles. The van der Waals surface area contributed by atoms with E-state index < -0.39 is 0 Å². The molecule has 80 valence electrons. The van der Waals surface area contributed by atoms with Crippen LogP contribution in [0.2, 0.25) is 0 Å². The molecule has 0 aliphatic rings. The summed E-state index contributed by atoms with van der Waals surface area (Å²) in [6.07, 6.45) is 2.99. The van der Waals surface area contributed by atoms with E-state index in [2.05, 4.69) is 15.1 Å². The van der Waals surface area contributed by atoms with Crippen molar-refractivity contribution in [3.63, 3.8) is 0 Å². The van der Waals surface area contributed by atoms with Crippen LogP contribution in [-0.2, 0) is 0 Å². The zero-order chi connectivity index (χ0) is 11.7. The molecule has 2 aromatic heterocycles. The van der Waals surface area contributed by atoms with Crippen molar-refractivity contribution in [2.75, 3.05) is 0 Å². The van der Waals surface area contributed by atoms with Crippen LogP contribution in [0.5, 0.6) is 0 Å². The number of rotatable bonds is 1. The number of para-hydroxylation sites is 1. The third-order valence-electron chi connectivity index (χ3n) is 2.47. The molecule has 5 heteroatoms. The molecule has 1 aromatic carbocycles. The largest absolute Gasteiger partial charge is 0.225 e. The van der Waals surface area contributed by atoms with Crippen molar-refractivity contribution in [3.05, 3.63) is 48.5 Å². The third kappa shape index (κ3) is 1.43. The average Bonchev–Trinajstić information content (AvgIpc) is 2.83. The predicted octanol–water partition coefficient (Wildman–Crippen LogP) is 1.69. The van der Waals surface area contributed by atoms with Gasteiger partial charge in [0.25, 0.3) is 0 Å². The lowest BCUT2D eigenvalue weighted by atomic mass is 10.3. The quantitative estimate of drug-likeness (QED) is 0.627. The van der Waals surface area contributed by atoms with Crippen LogP contribution in [0.25, 0.3) is 16.7 Å². The minimum atomic E-state index is 0.345. The Morgan fingerprint density at radius 3 is 2.71 bits per heavy atom. The topological polar surface area (TPSA) is 67.4 Å². The van der Waals surface area contributed by atoms with E-state index >= 15 is 0 Å². The van der Waals surface area contributed by atoms with Gasteiger partial charge in [-0.1, -0.05) is 18.2 Å². The van der Waals surface area contributed by atoms with Crippen LogP contribution >= 0.6 is 0 Å². The summed E-state index contributed by atoms with van der Waals surface area (Å²) in [6, 6.07) is 11.7. The van der Waals surface area contributed by atoms with Crippen molar-refractivity contribution in [2.24, 2.45) is 0 Å². The van der Waals surface area contributed by atoms with Crippen LogP contribution in [0.1, 0.15) is 5.69 Å².